The van der Waals surface area contributed by atoms with Crippen LogP contribution in [0.15, 0.2) is 47.4 Å². The third-order valence-corrected chi connectivity index (χ3v) is 6.83. The van der Waals surface area contributed by atoms with Gasteiger partial charge >= 0.3 is 11.9 Å². The number of hydrogen-bond donors (Lipinski definition) is 2. The fourth-order valence-electron chi connectivity index (χ4n) is 3.78. The Kier molecular flexibility index (Phi) is 7.37. The first kappa shape index (κ1) is 24.2. The second kappa shape index (κ2) is 10.0. The Morgan fingerprint density at radius 3 is 2.45 bits per heavy atom. The number of nitrogens with one attached hydrogen (secondary N) is 1. The van der Waals surface area contributed by atoms with E-state index in [9.17, 15) is 27.9 Å². The summed E-state index contributed by atoms with van der Waals surface area (Å²) < 4.78 is 32.9. The summed E-state index contributed by atoms with van der Waals surface area (Å²) in [6.07, 6.45) is 1.37. The lowest BCUT2D eigenvalue weighted by molar-refractivity contribution is -0.148. The fourth-order valence-corrected chi connectivity index (χ4v) is 4.83. The lowest BCUT2D eigenvalue weighted by atomic mass is 9.97. The molecule has 0 bridgehead atoms. The lowest BCUT2D eigenvalue weighted by Gasteiger charge is -2.34. The number of carbonyl (C=O) groups excluding carboxylic acids is 2. The molecule has 1 fully saturated rings. The number of Topliss-reactive ketones (excluding diaryl/α,β-unsaturated/α-hetero) is 1. The summed E-state index contributed by atoms with van der Waals surface area (Å²) in [4.78, 5) is 37.2. The van der Waals surface area contributed by atoms with E-state index in [4.69, 9.17) is 4.74 Å². The molecule has 3 rings (SSSR count). The molecular formula is C23H26N2O7S. The molecule has 0 spiro atoms. The molecule has 1 heterocycles. The van der Waals surface area contributed by atoms with Gasteiger partial charge in [-0.25, -0.2) is 13.2 Å². The number of carboxylic acids is 1. The summed E-state index contributed by atoms with van der Waals surface area (Å²) in [6.45, 7) is 4.30. The predicted molar refractivity (Wildman–Crippen MR) is 122 cm³/mol. The van der Waals surface area contributed by atoms with Crippen LogP contribution in [0.4, 0.5) is 11.4 Å². The van der Waals surface area contributed by atoms with Crippen LogP contribution in [0.2, 0.25) is 0 Å². The van der Waals surface area contributed by atoms with Crippen LogP contribution < -0.4 is 9.62 Å². The van der Waals surface area contributed by atoms with Crippen molar-refractivity contribution in [1.29, 1.82) is 0 Å². The molecule has 0 aliphatic carbocycles. The van der Waals surface area contributed by atoms with Gasteiger partial charge in [-0.3, -0.25) is 14.3 Å². The van der Waals surface area contributed by atoms with Gasteiger partial charge < -0.3 is 14.7 Å². The molecule has 1 saturated heterocycles. The Balaban J connectivity index is 1.84. The van der Waals surface area contributed by atoms with Crippen LogP contribution in [-0.4, -0.2) is 50.9 Å². The second-order valence-corrected chi connectivity index (χ2v) is 9.44. The number of benzene rings is 2. The largest absolute Gasteiger partial charge is 0.478 e. The summed E-state index contributed by atoms with van der Waals surface area (Å²) in [5, 5.41) is 9.75. The molecule has 1 atom stereocenters. The number of anilines is 2. The highest BCUT2D eigenvalue weighted by molar-refractivity contribution is 7.92. The van der Waals surface area contributed by atoms with Gasteiger partial charge in [-0.05, 0) is 57.0 Å². The van der Waals surface area contributed by atoms with Crippen LogP contribution in [0, 0.1) is 5.92 Å². The van der Waals surface area contributed by atoms with E-state index in [2.05, 4.69) is 4.72 Å². The highest BCUT2D eigenvalue weighted by Gasteiger charge is 2.29. The van der Waals surface area contributed by atoms with Crippen molar-refractivity contribution in [2.24, 2.45) is 5.92 Å². The molecule has 0 aromatic heterocycles. The number of sulfonamides is 1. The number of ether oxygens (including phenoxy) is 1. The zero-order chi connectivity index (χ0) is 24.2. The maximum atomic E-state index is 12.7. The third-order valence-electron chi connectivity index (χ3n) is 5.43. The highest BCUT2D eigenvalue weighted by atomic mass is 32.2. The van der Waals surface area contributed by atoms with Crippen LogP contribution in [0.3, 0.4) is 0 Å². The first-order valence-electron chi connectivity index (χ1n) is 10.5. The molecule has 2 aromatic carbocycles. The van der Waals surface area contributed by atoms with Crippen molar-refractivity contribution < 1.29 is 32.6 Å². The molecule has 0 saturated carbocycles. The minimum absolute atomic E-state index is 0.0539. The van der Waals surface area contributed by atoms with Crippen LogP contribution >= 0.6 is 0 Å². The van der Waals surface area contributed by atoms with Gasteiger partial charge in [0.05, 0.1) is 28.7 Å². The number of esters is 1. The molecule has 176 valence electrons. The summed E-state index contributed by atoms with van der Waals surface area (Å²) in [5.74, 6) is -2.05. The molecule has 1 aliphatic heterocycles. The first-order valence-corrected chi connectivity index (χ1v) is 12.0. The van der Waals surface area contributed by atoms with Crippen molar-refractivity contribution in [3.63, 3.8) is 0 Å². The fraction of sp³-hybridized carbons (Fsp3) is 0.348. The Hall–Kier alpha value is -3.40. The average Bonchev–Trinajstić information content (AvgIpc) is 2.79. The maximum absolute atomic E-state index is 12.7. The molecule has 2 N–H and O–H groups in total. The SMILES string of the molecule is CCOC(=O)[C@H]1CCCN(c2ccc(NS(=O)(=O)c3ccc(C(C)=O)cc3)cc2C(=O)O)C1. The van der Waals surface area contributed by atoms with Crippen molar-refractivity contribution in [3.05, 3.63) is 53.6 Å². The molecule has 33 heavy (non-hydrogen) atoms. The minimum Gasteiger partial charge on any atom is -0.478 e. The summed E-state index contributed by atoms with van der Waals surface area (Å²) in [5.41, 5.74) is 0.803. The van der Waals surface area contributed by atoms with E-state index < -0.39 is 16.0 Å². The number of piperidine rings is 1. The summed E-state index contributed by atoms with van der Waals surface area (Å²) >= 11 is 0. The summed E-state index contributed by atoms with van der Waals surface area (Å²) in [7, 11) is -3.99. The Labute approximate surface area is 192 Å². The van der Waals surface area contributed by atoms with E-state index in [1.165, 1.54) is 49.4 Å². The molecule has 0 unspecified atom stereocenters. The van der Waals surface area contributed by atoms with Gasteiger partial charge in [0, 0.05) is 24.3 Å². The maximum Gasteiger partial charge on any atom is 0.337 e. The number of nitrogens with zero attached hydrogens (tertiary/aromatic N) is 1. The number of rotatable bonds is 8. The molecule has 1 aliphatic rings. The number of ketones is 1. The van der Waals surface area contributed by atoms with Crippen LogP contribution in [0.5, 0.6) is 0 Å². The van der Waals surface area contributed by atoms with E-state index in [1.807, 2.05) is 4.90 Å². The van der Waals surface area contributed by atoms with Gasteiger partial charge in [0.2, 0.25) is 0 Å². The van der Waals surface area contributed by atoms with E-state index >= 15 is 0 Å². The minimum atomic E-state index is -3.99. The standard InChI is InChI=1S/C23H26N2O7S/c1-3-32-23(29)17-5-4-12-25(14-17)21-11-8-18(13-20(21)22(27)28)24-33(30,31)19-9-6-16(7-10-19)15(2)26/h6-11,13,17,24H,3-5,12,14H2,1-2H3,(H,27,28)/t17-/m0/s1. The molecule has 9 nitrogen and oxygen atoms in total. The zero-order valence-electron chi connectivity index (χ0n) is 18.4. The zero-order valence-corrected chi connectivity index (χ0v) is 19.2. The van der Waals surface area contributed by atoms with Crippen molar-refractivity contribution in [3.8, 4) is 0 Å². The average molecular weight is 475 g/mol. The van der Waals surface area contributed by atoms with Gasteiger partial charge in [0.15, 0.2) is 5.78 Å². The summed E-state index contributed by atoms with van der Waals surface area (Å²) in [6, 6.07) is 9.74. The number of carboxylic acid groups (broad SMARTS) is 1. The third kappa shape index (κ3) is 5.70. The van der Waals surface area contributed by atoms with Crippen molar-refractivity contribution >= 4 is 39.1 Å². The normalized spacial score (nSPS) is 16.2. The molecule has 2 aromatic rings. The van der Waals surface area contributed by atoms with E-state index in [1.54, 1.807) is 6.92 Å². The van der Waals surface area contributed by atoms with Gasteiger partial charge in [-0.15, -0.1) is 0 Å². The van der Waals surface area contributed by atoms with E-state index in [-0.39, 0.29) is 40.4 Å². The molecule has 0 amide bonds. The van der Waals surface area contributed by atoms with E-state index in [0.29, 0.717) is 37.2 Å². The number of hydrogen-bond acceptors (Lipinski definition) is 7. The lowest BCUT2D eigenvalue weighted by Crippen LogP contribution is -2.40. The van der Waals surface area contributed by atoms with Crippen molar-refractivity contribution in [2.75, 3.05) is 29.3 Å². The van der Waals surface area contributed by atoms with Crippen LogP contribution in [0.25, 0.3) is 0 Å². The number of carbonyl (C=O) groups is 3. The monoisotopic (exact) mass is 474 g/mol. The Morgan fingerprint density at radius 2 is 1.85 bits per heavy atom. The van der Waals surface area contributed by atoms with Gasteiger partial charge in [0.1, 0.15) is 0 Å². The van der Waals surface area contributed by atoms with Crippen LogP contribution in [-0.2, 0) is 19.6 Å². The van der Waals surface area contributed by atoms with Crippen molar-refractivity contribution in [2.45, 2.75) is 31.6 Å². The van der Waals surface area contributed by atoms with Crippen molar-refractivity contribution in [1.82, 2.24) is 0 Å². The van der Waals surface area contributed by atoms with E-state index in [0.717, 1.165) is 0 Å². The van der Waals surface area contributed by atoms with Gasteiger partial charge in [0.25, 0.3) is 10.0 Å². The second-order valence-electron chi connectivity index (χ2n) is 7.76. The predicted octanol–water partition coefficient (Wildman–Crippen LogP) is 3.17. The molecule has 0 radical (unpaired) electrons. The highest BCUT2D eigenvalue weighted by Crippen LogP contribution is 2.30. The van der Waals surface area contributed by atoms with Crippen LogP contribution in [0.1, 0.15) is 47.4 Å². The smallest absolute Gasteiger partial charge is 0.337 e. The number of aromatic carboxylic acids is 1. The first-order chi connectivity index (χ1) is 15.6. The molecule has 10 heteroatoms. The van der Waals surface area contributed by atoms with Gasteiger partial charge in [-0.2, -0.15) is 0 Å². The Bertz CT molecular complexity index is 1160. The van der Waals surface area contributed by atoms with Gasteiger partial charge in [-0.1, -0.05) is 12.1 Å². The quantitative estimate of drug-likeness (QED) is 0.441. The topological polar surface area (TPSA) is 130 Å². The molecular weight excluding hydrogens is 448 g/mol. The Morgan fingerprint density at radius 1 is 1.15 bits per heavy atom.